The van der Waals surface area contributed by atoms with Crippen LogP contribution in [0.25, 0.3) is 11.0 Å². The van der Waals surface area contributed by atoms with Crippen molar-refractivity contribution in [2.75, 3.05) is 11.5 Å². The van der Waals surface area contributed by atoms with Gasteiger partial charge in [0.15, 0.2) is 5.43 Å². The Bertz CT molecular complexity index is 1500. The summed E-state index contributed by atoms with van der Waals surface area (Å²) in [5, 5.41) is 0.476. The van der Waals surface area contributed by atoms with Gasteiger partial charge in [-0.15, -0.1) is 0 Å². The third-order valence-corrected chi connectivity index (χ3v) is 6.85. The zero-order valence-electron chi connectivity index (χ0n) is 21.1. The number of carbonyl (C=O) groups excluding carboxylic acids is 1. The third-order valence-electron chi connectivity index (χ3n) is 6.85. The molecule has 0 fully saturated rings. The second-order valence-electron chi connectivity index (χ2n) is 9.50. The molecule has 1 unspecified atom stereocenters. The van der Waals surface area contributed by atoms with Gasteiger partial charge in [-0.2, -0.15) is 0 Å². The van der Waals surface area contributed by atoms with Crippen molar-refractivity contribution in [3.8, 4) is 5.75 Å². The number of benzene rings is 2. The van der Waals surface area contributed by atoms with Crippen molar-refractivity contribution in [2.24, 2.45) is 0 Å². The first kappa shape index (κ1) is 23.8. The largest absolute Gasteiger partial charge is 0.494 e. The van der Waals surface area contributed by atoms with Crippen molar-refractivity contribution >= 4 is 22.7 Å². The van der Waals surface area contributed by atoms with Gasteiger partial charge in [-0.05, 0) is 85.8 Å². The van der Waals surface area contributed by atoms with E-state index >= 15 is 0 Å². The van der Waals surface area contributed by atoms with Crippen LogP contribution in [-0.4, -0.2) is 17.5 Å². The van der Waals surface area contributed by atoms with Crippen LogP contribution in [-0.2, 0) is 0 Å². The fourth-order valence-corrected chi connectivity index (χ4v) is 4.72. The van der Waals surface area contributed by atoms with Crippen molar-refractivity contribution in [1.82, 2.24) is 4.98 Å². The van der Waals surface area contributed by atoms with E-state index in [-0.39, 0.29) is 17.1 Å². The van der Waals surface area contributed by atoms with Crippen molar-refractivity contribution in [1.29, 1.82) is 0 Å². The summed E-state index contributed by atoms with van der Waals surface area (Å²) in [5.74, 6) is 0.942. The van der Waals surface area contributed by atoms with Crippen molar-refractivity contribution in [3.63, 3.8) is 0 Å². The molecule has 1 aliphatic rings. The second-order valence-corrected chi connectivity index (χ2v) is 9.50. The quantitative estimate of drug-likeness (QED) is 0.284. The minimum atomic E-state index is -0.654. The van der Waals surface area contributed by atoms with Gasteiger partial charge in [-0.1, -0.05) is 31.9 Å². The first-order chi connectivity index (χ1) is 17.4. The molecule has 6 nitrogen and oxygen atoms in total. The Morgan fingerprint density at radius 1 is 0.972 bits per heavy atom. The van der Waals surface area contributed by atoms with E-state index in [4.69, 9.17) is 9.15 Å². The average molecular weight is 483 g/mol. The minimum absolute atomic E-state index is 0.0731. The maximum atomic E-state index is 13.8. The van der Waals surface area contributed by atoms with E-state index in [1.54, 1.807) is 11.1 Å². The second kappa shape index (κ2) is 9.61. The van der Waals surface area contributed by atoms with Crippen LogP contribution in [0.5, 0.6) is 5.75 Å². The number of aromatic nitrogens is 1. The van der Waals surface area contributed by atoms with Gasteiger partial charge in [0.05, 0.1) is 23.6 Å². The summed E-state index contributed by atoms with van der Waals surface area (Å²) in [5.41, 5.74) is 4.33. The molecule has 2 aromatic carbocycles. The molecule has 0 N–H and O–H groups in total. The van der Waals surface area contributed by atoms with Crippen LogP contribution in [0.3, 0.4) is 0 Å². The monoisotopic (exact) mass is 482 g/mol. The molecule has 0 saturated carbocycles. The first-order valence-corrected chi connectivity index (χ1v) is 12.5. The Labute approximate surface area is 210 Å². The molecule has 0 aliphatic carbocycles. The van der Waals surface area contributed by atoms with Gasteiger partial charge < -0.3 is 9.15 Å². The molecule has 0 spiro atoms. The summed E-state index contributed by atoms with van der Waals surface area (Å²) >= 11 is 0. The molecule has 1 aliphatic heterocycles. The van der Waals surface area contributed by atoms with Crippen LogP contribution >= 0.6 is 0 Å². The van der Waals surface area contributed by atoms with E-state index in [0.29, 0.717) is 29.0 Å². The molecule has 184 valence electrons. The van der Waals surface area contributed by atoms with Gasteiger partial charge in [0.1, 0.15) is 17.2 Å². The van der Waals surface area contributed by atoms with Crippen LogP contribution in [0, 0.1) is 20.8 Å². The van der Waals surface area contributed by atoms with E-state index < -0.39 is 6.04 Å². The lowest BCUT2D eigenvalue weighted by Gasteiger charge is -2.24. The number of rotatable bonds is 7. The van der Waals surface area contributed by atoms with Crippen molar-refractivity contribution in [2.45, 2.75) is 53.0 Å². The van der Waals surface area contributed by atoms with Gasteiger partial charge in [-0.25, -0.2) is 4.98 Å². The molecule has 2 aromatic heterocycles. The maximum absolute atomic E-state index is 13.8. The molecule has 1 amide bonds. The smallest absolute Gasteiger partial charge is 0.296 e. The topological polar surface area (TPSA) is 72.6 Å². The average Bonchev–Trinajstić information content (AvgIpc) is 3.16. The van der Waals surface area contributed by atoms with Gasteiger partial charge in [-0.3, -0.25) is 14.5 Å². The summed E-state index contributed by atoms with van der Waals surface area (Å²) in [6, 6.07) is 14.3. The van der Waals surface area contributed by atoms with E-state index in [9.17, 15) is 9.59 Å². The van der Waals surface area contributed by atoms with E-state index in [1.807, 2.05) is 69.3 Å². The fraction of sp³-hybridized carbons (Fsp3) is 0.300. The molecule has 0 bridgehead atoms. The van der Waals surface area contributed by atoms with Crippen LogP contribution in [0.4, 0.5) is 5.82 Å². The molecule has 1 atom stereocenters. The molecular weight excluding hydrogens is 452 g/mol. The number of unbranched alkanes of at least 4 members (excludes halogenated alkanes) is 2. The molecule has 6 heteroatoms. The number of nitrogens with zero attached hydrogens (tertiary/aromatic N) is 2. The molecular formula is C30H30N2O4. The lowest BCUT2D eigenvalue weighted by Crippen LogP contribution is -2.30. The molecule has 0 radical (unpaired) electrons. The zero-order chi connectivity index (χ0) is 25.4. The van der Waals surface area contributed by atoms with Crippen LogP contribution in [0.15, 0.2) is 63.9 Å². The molecule has 5 rings (SSSR count). The van der Waals surface area contributed by atoms with Crippen molar-refractivity contribution in [3.05, 3.63) is 98.5 Å². The number of anilines is 1. The SMILES string of the molecule is CCCCCOc1ccc(C2c3c(oc4cc(C)c(C)cc4c3=O)C(=O)N2c2cc(C)ccn2)cc1. The number of amides is 1. The third kappa shape index (κ3) is 4.17. The van der Waals surface area contributed by atoms with E-state index in [1.165, 1.54) is 0 Å². The highest BCUT2D eigenvalue weighted by Crippen LogP contribution is 2.41. The highest BCUT2D eigenvalue weighted by Gasteiger charge is 2.44. The first-order valence-electron chi connectivity index (χ1n) is 12.5. The fourth-order valence-electron chi connectivity index (χ4n) is 4.72. The van der Waals surface area contributed by atoms with Crippen molar-refractivity contribution < 1.29 is 13.9 Å². The Morgan fingerprint density at radius 2 is 1.72 bits per heavy atom. The summed E-state index contributed by atoms with van der Waals surface area (Å²) in [4.78, 5) is 33.6. The number of hydrogen-bond donors (Lipinski definition) is 0. The molecule has 3 heterocycles. The van der Waals surface area contributed by atoms with Crippen LogP contribution in [0.1, 0.15) is 70.6 Å². The van der Waals surface area contributed by atoms with Gasteiger partial charge in [0.2, 0.25) is 5.76 Å². The standard InChI is InChI=1S/C30H30N2O4/c1-5-6-7-14-35-22-10-8-21(9-11-22)27-26-28(33)23-16-19(3)20(4)17-24(23)36-29(26)30(34)32(27)25-15-18(2)12-13-31-25/h8-13,15-17,27H,5-7,14H2,1-4H3. The summed E-state index contributed by atoms with van der Waals surface area (Å²) < 4.78 is 12.0. The Balaban J connectivity index is 1.64. The van der Waals surface area contributed by atoms with Gasteiger partial charge in [0.25, 0.3) is 5.91 Å². The number of ether oxygens (including phenoxy) is 1. The van der Waals surface area contributed by atoms with Gasteiger partial charge in [0, 0.05) is 6.20 Å². The van der Waals surface area contributed by atoms with Gasteiger partial charge >= 0.3 is 0 Å². The number of hydrogen-bond acceptors (Lipinski definition) is 5. The molecule has 0 saturated heterocycles. The minimum Gasteiger partial charge on any atom is -0.494 e. The Kier molecular flexibility index (Phi) is 6.35. The number of carbonyl (C=O) groups is 1. The normalized spacial score (nSPS) is 14.9. The maximum Gasteiger partial charge on any atom is 0.296 e. The molecule has 36 heavy (non-hydrogen) atoms. The predicted molar refractivity (Wildman–Crippen MR) is 141 cm³/mol. The van der Waals surface area contributed by atoms with E-state index in [2.05, 4.69) is 11.9 Å². The summed E-state index contributed by atoms with van der Waals surface area (Å²) in [6.45, 7) is 8.69. The Hall–Kier alpha value is -3.93. The predicted octanol–water partition coefficient (Wildman–Crippen LogP) is 6.43. The zero-order valence-corrected chi connectivity index (χ0v) is 21.1. The highest BCUT2D eigenvalue weighted by molar-refractivity contribution is 6.10. The van der Waals surface area contributed by atoms with Crippen LogP contribution < -0.4 is 15.1 Å². The summed E-state index contributed by atoms with van der Waals surface area (Å²) in [7, 11) is 0. The van der Waals surface area contributed by atoms with Crippen LogP contribution in [0.2, 0.25) is 0 Å². The lowest BCUT2D eigenvalue weighted by atomic mass is 9.97. The Morgan fingerprint density at radius 3 is 2.44 bits per heavy atom. The summed E-state index contributed by atoms with van der Waals surface area (Å²) in [6.07, 6.45) is 4.93. The number of fused-ring (bicyclic) bond motifs is 2. The lowest BCUT2D eigenvalue weighted by molar-refractivity contribution is 0.0970. The molecule has 4 aromatic rings. The number of aryl methyl sites for hydroxylation is 3. The number of pyridine rings is 1. The van der Waals surface area contributed by atoms with E-state index in [0.717, 1.165) is 47.3 Å². The highest BCUT2D eigenvalue weighted by atomic mass is 16.5.